The summed E-state index contributed by atoms with van der Waals surface area (Å²) in [5, 5.41) is 7.46. The highest BCUT2D eigenvalue weighted by molar-refractivity contribution is 6.30. The van der Waals surface area contributed by atoms with E-state index in [0.29, 0.717) is 0 Å². The number of aliphatic carboxylic acids is 1. The molecule has 1 aromatic rings. The molecule has 0 unspecified atom stereocenters. The molecule has 0 saturated heterocycles. The van der Waals surface area contributed by atoms with Gasteiger partial charge in [0.15, 0.2) is 11.6 Å². The highest BCUT2D eigenvalue weighted by Gasteiger charge is 2.17. The largest absolute Gasteiger partial charge is 0.481 e. The van der Waals surface area contributed by atoms with E-state index in [2.05, 4.69) is 0 Å². The summed E-state index contributed by atoms with van der Waals surface area (Å²) in [6.07, 6.45) is -0.138. The molecule has 0 aliphatic rings. The van der Waals surface area contributed by atoms with E-state index in [4.69, 9.17) is 16.7 Å². The van der Waals surface area contributed by atoms with E-state index in [1.165, 1.54) is 0 Å². The zero-order valence-electron chi connectivity index (χ0n) is 8.07. The average molecular weight is 253 g/mol. The first-order valence-electron chi connectivity index (χ1n) is 4.47. The Balaban J connectivity index is 2.85. The second-order valence-electron chi connectivity index (χ2n) is 3.21. The van der Waals surface area contributed by atoms with Crippen LogP contribution in [0.4, 0.5) is 13.2 Å². The van der Waals surface area contributed by atoms with Gasteiger partial charge in [0, 0.05) is 6.42 Å². The molecular formula is C10H8ClF3O2. The number of halogens is 4. The third-order valence-corrected chi connectivity index (χ3v) is 2.36. The van der Waals surface area contributed by atoms with Crippen molar-refractivity contribution < 1.29 is 23.1 Å². The normalized spacial score (nSPS) is 10.5. The maximum Gasteiger partial charge on any atom is 0.303 e. The van der Waals surface area contributed by atoms with Gasteiger partial charge in [-0.15, -0.1) is 0 Å². The Morgan fingerprint density at radius 1 is 1.31 bits per heavy atom. The van der Waals surface area contributed by atoms with E-state index in [-0.39, 0.29) is 24.8 Å². The molecule has 0 spiro atoms. The molecule has 2 nitrogen and oxygen atoms in total. The van der Waals surface area contributed by atoms with Gasteiger partial charge < -0.3 is 5.11 Å². The molecule has 0 bridgehead atoms. The van der Waals surface area contributed by atoms with Crippen LogP contribution in [0.5, 0.6) is 0 Å². The number of hydrogen-bond donors (Lipinski definition) is 1. The highest BCUT2D eigenvalue weighted by atomic mass is 35.5. The van der Waals surface area contributed by atoms with Crippen molar-refractivity contribution >= 4 is 17.6 Å². The lowest BCUT2D eigenvalue weighted by atomic mass is 10.1. The summed E-state index contributed by atoms with van der Waals surface area (Å²) >= 11 is 5.16. The van der Waals surface area contributed by atoms with Crippen LogP contribution >= 0.6 is 11.6 Å². The minimum atomic E-state index is -1.44. The molecule has 0 heterocycles. The summed E-state index contributed by atoms with van der Waals surface area (Å²) in [6, 6.07) is 0.780. The van der Waals surface area contributed by atoms with Crippen LogP contribution in [0.15, 0.2) is 6.07 Å². The van der Waals surface area contributed by atoms with Crippen molar-refractivity contribution in [1.29, 1.82) is 0 Å². The Labute approximate surface area is 94.6 Å². The number of carboxylic acids is 1. The Kier molecular flexibility index (Phi) is 4.18. The summed E-state index contributed by atoms with van der Waals surface area (Å²) in [7, 11) is 0. The van der Waals surface area contributed by atoms with E-state index in [1.54, 1.807) is 0 Å². The first kappa shape index (κ1) is 12.8. The summed E-state index contributed by atoms with van der Waals surface area (Å²) < 4.78 is 39.1. The Morgan fingerprint density at radius 3 is 2.50 bits per heavy atom. The van der Waals surface area contributed by atoms with E-state index in [0.717, 1.165) is 6.07 Å². The van der Waals surface area contributed by atoms with Crippen molar-refractivity contribution in [3.05, 3.63) is 34.1 Å². The fourth-order valence-electron chi connectivity index (χ4n) is 1.23. The van der Waals surface area contributed by atoms with Crippen molar-refractivity contribution in [2.75, 3.05) is 0 Å². The molecule has 0 aromatic heterocycles. The molecule has 6 heteroatoms. The maximum atomic E-state index is 13.2. The number of carbonyl (C=O) groups is 1. The molecule has 0 atom stereocenters. The molecule has 0 radical (unpaired) electrons. The molecule has 0 saturated carbocycles. The van der Waals surface area contributed by atoms with Crippen LogP contribution < -0.4 is 0 Å². The molecule has 1 aromatic carbocycles. The standard InChI is InChI=1S/C10H8ClF3O2/c11-8-6(12)4-5(9(13)10(8)14)2-1-3-7(15)16/h4H,1-3H2,(H,15,16). The number of hydrogen-bond acceptors (Lipinski definition) is 1. The van der Waals surface area contributed by atoms with Crippen molar-refractivity contribution in [1.82, 2.24) is 0 Å². The van der Waals surface area contributed by atoms with Crippen LogP contribution in [0.2, 0.25) is 5.02 Å². The smallest absolute Gasteiger partial charge is 0.303 e. The van der Waals surface area contributed by atoms with E-state index in [1.807, 2.05) is 0 Å². The van der Waals surface area contributed by atoms with Gasteiger partial charge in [0.2, 0.25) is 0 Å². The first-order valence-corrected chi connectivity index (χ1v) is 4.85. The Hall–Kier alpha value is -1.23. The average Bonchev–Trinajstić information content (AvgIpc) is 2.22. The molecule has 1 N–H and O–H groups in total. The van der Waals surface area contributed by atoms with Crippen molar-refractivity contribution in [2.45, 2.75) is 19.3 Å². The van der Waals surface area contributed by atoms with Gasteiger partial charge in [-0.05, 0) is 24.5 Å². The Bertz CT molecular complexity index is 421. The summed E-state index contributed by atoms with van der Waals surface area (Å²) in [4.78, 5) is 10.2. The first-order chi connectivity index (χ1) is 7.43. The van der Waals surface area contributed by atoms with Gasteiger partial charge in [-0.25, -0.2) is 13.2 Å². The molecule has 0 amide bonds. The van der Waals surface area contributed by atoms with Gasteiger partial charge >= 0.3 is 5.97 Å². The minimum absolute atomic E-state index is 0.0524. The highest BCUT2D eigenvalue weighted by Crippen LogP contribution is 2.25. The van der Waals surface area contributed by atoms with Gasteiger partial charge in [-0.3, -0.25) is 4.79 Å². The third kappa shape index (κ3) is 2.88. The van der Waals surface area contributed by atoms with E-state index in [9.17, 15) is 18.0 Å². The lowest BCUT2D eigenvalue weighted by molar-refractivity contribution is -0.137. The van der Waals surface area contributed by atoms with Crippen LogP contribution in [0.1, 0.15) is 18.4 Å². The molecule has 0 fully saturated rings. The molecule has 88 valence electrons. The van der Waals surface area contributed by atoms with Crippen molar-refractivity contribution in [2.24, 2.45) is 0 Å². The number of rotatable bonds is 4. The number of benzene rings is 1. The predicted octanol–water partition coefficient (Wildman–Crippen LogP) is 3.16. The van der Waals surface area contributed by atoms with Crippen LogP contribution in [-0.2, 0) is 11.2 Å². The molecule has 0 aliphatic carbocycles. The molecule has 1 rings (SSSR count). The van der Waals surface area contributed by atoms with Gasteiger partial charge in [0.05, 0.1) is 0 Å². The van der Waals surface area contributed by atoms with Gasteiger partial charge in [0.1, 0.15) is 10.8 Å². The second kappa shape index (κ2) is 5.21. The van der Waals surface area contributed by atoms with Crippen LogP contribution in [-0.4, -0.2) is 11.1 Å². The SMILES string of the molecule is O=C(O)CCCc1cc(F)c(Cl)c(F)c1F. The summed E-state index contributed by atoms with van der Waals surface area (Å²) in [6.45, 7) is 0. The van der Waals surface area contributed by atoms with Crippen LogP contribution in [0.3, 0.4) is 0 Å². The molecule has 16 heavy (non-hydrogen) atoms. The maximum absolute atomic E-state index is 13.2. The fraction of sp³-hybridized carbons (Fsp3) is 0.300. The summed E-state index contributed by atoms with van der Waals surface area (Å²) in [5.41, 5.74) is -0.208. The number of carboxylic acid groups (broad SMARTS) is 1. The molecule has 0 aliphatic heterocycles. The molecular weight excluding hydrogens is 245 g/mol. The van der Waals surface area contributed by atoms with Crippen molar-refractivity contribution in [3.63, 3.8) is 0 Å². The second-order valence-corrected chi connectivity index (χ2v) is 3.58. The van der Waals surface area contributed by atoms with E-state index >= 15 is 0 Å². The zero-order chi connectivity index (χ0) is 12.3. The lowest BCUT2D eigenvalue weighted by Crippen LogP contribution is -2.01. The fourth-order valence-corrected chi connectivity index (χ4v) is 1.37. The predicted molar refractivity (Wildman–Crippen MR) is 51.9 cm³/mol. The zero-order valence-corrected chi connectivity index (χ0v) is 8.82. The summed E-state index contributed by atoms with van der Waals surface area (Å²) in [5.74, 6) is -4.76. The topological polar surface area (TPSA) is 37.3 Å². The monoisotopic (exact) mass is 252 g/mol. The van der Waals surface area contributed by atoms with Gasteiger partial charge in [-0.1, -0.05) is 11.6 Å². The number of aryl methyl sites for hydroxylation is 1. The van der Waals surface area contributed by atoms with E-state index < -0.39 is 28.4 Å². The van der Waals surface area contributed by atoms with Crippen LogP contribution in [0.25, 0.3) is 0 Å². The van der Waals surface area contributed by atoms with Gasteiger partial charge in [0.25, 0.3) is 0 Å². The van der Waals surface area contributed by atoms with Crippen molar-refractivity contribution in [3.8, 4) is 0 Å². The Morgan fingerprint density at radius 2 is 1.94 bits per heavy atom. The quantitative estimate of drug-likeness (QED) is 0.660. The minimum Gasteiger partial charge on any atom is -0.481 e. The lowest BCUT2D eigenvalue weighted by Gasteiger charge is -2.05. The van der Waals surface area contributed by atoms with Gasteiger partial charge in [-0.2, -0.15) is 0 Å². The third-order valence-electron chi connectivity index (χ3n) is 2.01. The van der Waals surface area contributed by atoms with Crippen LogP contribution in [0, 0.1) is 17.5 Å².